The van der Waals surface area contributed by atoms with Crippen molar-refractivity contribution in [3.05, 3.63) is 28.2 Å². The minimum Gasteiger partial charge on any atom is -0.394 e. The molecule has 0 unspecified atom stereocenters. The summed E-state index contributed by atoms with van der Waals surface area (Å²) < 4.78 is 30.7. The zero-order valence-corrected chi connectivity index (χ0v) is 13.3. The van der Waals surface area contributed by atoms with E-state index in [0.29, 0.717) is 0 Å². The molecular formula is C11H14Cl2N2O5S. The third-order valence-corrected chi connectivity index (χ3v) is 4.73. The van der Waals surface area contributed by atoms with Crippen LogP contribution in [0.2, 0.25) is 10.0 Å². The van der Waals surface area contributed by atoms with Gasteiger partial charge in [-0.25, -0.2) is 17.9 Å². The maximum atomic E-state index is 12.0. The first-order chi connectivity index (χ1) is 9.81. The number of rotatable bonds is 6. The van der Waals surface area contributed by atoms with E-state index in [1.807, 2.05) is 0 Å². The van der Waals surface area contributed by atoms with Gasteiger partial charge in [0.25, 0.3) is 10.0 Å². The van der Waals surface area contributed by atoms with Crippen LogP contribution in [0.15, 0.2) is 23.1 Å². The molecular weight excluding hydrogens is 343 g/mol. The second-order valence-electron chi connectivity index (χ2n) is 3.91. The van der Waals surface area contributed by atoms with Crippen LogP contribution in [0.5, 0.6) is 0 Å². The molecule has 118 valence electrons. The number of ether oxygens (including phenoxy) is 1. The van der Waals surface area contributed by atoms with E-state index in [1.165, 1.54) is 25.3 Å². The summed E-state index contributed by atoms with van der Waals surface area (Å²) in [5.74, 6) is 0. The number of amides is 2. The Balaban J connectivity index is 2.79. The average Bonchev–Trinajstić information content (AvgIpc) is 2.38. The smallest absolute Gasteiger partial charge is 0.328 e. The Morgan fingerprint density at radius 2 is 1.95 bits per heavy atom. The molecule has 0 aliphatic carbocycles. The quantitative estimate of drug-likeness (QED) is 0.704. The minimum atomic E-state index is -4.21. The van der Waals surface area contributed by atoms with E-state index < -0.39 is 22.2 Å². The molecule has 21 heavy (non-hydrogen) atoms. The lowest BCUT2D eigenvalue weighted by atomic mass is 10.4. The number of aliphatic hydroxyl groups excluding tert-OH is 1. The highest BCUT2D eigenvalue weighted by molar-refractivity contribution is 7.90. The minimum absolute atomic E-state index is 0.0649. The lowest BCUT2D eigenvalue weighted by Crippen LogP contribution is -2.43. The third-order valence-electron chi connectivity index (χ3n) is 2.44. The van der Waals surface area contributed by atoms with Crippen molar-refractivity contribution in [3.8, 4) is 0 Å². The Morgan fingerprint density at radius 3 is 2.43 bits per heavy atom. The van der Waals surface area contributed by atoms with Gasteiger partial charge in [-0.2, -0.15) is 0 Å². The average molecular weight is 357 g/mol. The number of carbonyl (C=O) groups is 1. The molecule has 0 aliphatic rings. The van der Waals surface area contributed by atoms with Gasteiger partial charge in [-0.1, -0.05) is 29.3 Å². The fraction of sp³-hybridized carbons (Fsp3) is 0.364. The van der Waals surface area contributed by atoms with Crippen molar-refractivity contribution in [1.82, 2.24) is 10.0 Å². The summed E-state index contributed by atoms with van der Waals surface area (Å²) in [5.41, 5.74) is 0. The summed E-state index contributed by atoms with van der Waals surface area (Å²) in [6.07, 6.45) is -0.637. The molecule has 1 aromatic carbocycles. The van der Waals surface area contributed by atoms with Crippen LogP contribution in [-0.2, 0) is 14.8 Å². The summed E-state index contributed by atoms with van der Waals surface area (Å²) >= 11 is 11.6. The number of urea groups is 1. The summed E-state index contributed by atoms with van der Waals surface area (Å²) in [5, 5.41) is 10.9. The predicted octanol–water partition coefficient (Wildman–Crippen LogP) is 0.989. The normalized spacial score (nSPS) is 12.8. The first kappa shape index (κ1) is 18.0. The molecule has 1 aromatic rings. The zero-order chi connectivity index (χ0) is 16.0. The highest BCUT2D eigenvalue weighted by Gasteiger charge is 2.24. The van der Waals surface area contributed by atoms with Crippen molar-refractivity contribution in [2.24, 2.45) is 0 Å². The van der Waals surface area contributed by atoms with Crippen molar-refractivity contribution in [2.75, 3.05) is 20.3 Å². The molecule has 0 spiro atoms. The van der Waals surface area contributed by atoms with Crippen LogP contribution in [0.3, 0.4) is 0 Å². The molecule has 1 atom stereocenters. The molecule has 0 bridgehead atoms. The molecule has 0 heterocycles. The van der Waals surface area contributed by atoms with Crippen molar-refractivity contribution in [3.63, 3.8) is 0 Å². The van der Waals surface area contributed by atoms with Gasteiger partial charge in [-0.15, -0.1) is 0 Å². The molecule has 0 saturated heterocycles. The van der Waals surface area contributed by atoms with Gasteiger partial charge in [0.05, 0.1) is 22.8 Å². The van der Waals surface area contributed by atoms with E-state index >= 15 is 0 Å². The highest BCUT2D eigenvalue weighted by Crippen LogP contribution is 2.28. The first-order valence-electron chi connectivity index (χ1n) is 5.70. The molecule has 10 heteroatoms. The van der Waals surface area contributed by atoms with Gasteiger partial charge in [0.2, 0.25) is 0 Å². The van der Waals surface area contributed by atoms with Gasteiger partial charge < -0.3 is 15.2 Å². The SMILES string of the molecule is CO[C@@H](CO)CNC(=O)NS(=O)(=O)c1c(Cl)cccc1Cl. The molecule has 0 radical (unpaired) electrons. The van der Waals surface area contributed by atoms with Gasteiger partial charge in [-0.3, -0.25) is 0 Å². The van der Waals surface area contributed by atoms with E-state index in [9.17, 15) is 13.2 Å². The van der Waals surface area contributed by atoms with E-state index in [4.69, 9.17) is 33.0 Å². The molecule has 0 saturated carbocycles. The Hall–Kier alpha value is -1.06. The number of benzene rings is 1. The number of carbonyl (C=O) groups excluding carboxylic acids is 1. The van der Waals surface area contributed by atoms with Gasteiger partial charge in [0, 0.05) is 13.7 Å². The maximum absolute atomic E-state index is 12.0. The van der Waals surface area contributed by atoms with Crippen LogP contribution in [0.4, 0.5) is 4.79 Å². The lowest BCUT2D eigenvalue weighted by molar-refractivity contribution is 0.0510. The van der Waals surface area contributed by atoms with E-state index in [0.717, 1.165) is 0 Å². The Bertz CT molecular complexity index is 584. The fourth-order valence-electron chi connectivity index (χ4n) is 1.38. The van der Waals surface area contributed by atoms with Crippen molar-refractivity contribution in [1.29, 1.82) is 0 Å². The number of aliphatic hydroxyl groups is 1. The summed E-state index contributed by atoms with van der Waals surface area (Å²) in [7, 11) is -2.86. The fourth-order valence-corrected chi connectivity index (χ4v) is 3.45. The number of hydrogen-bond acceptors (Lipinski definition) is 5. The third kappa shape index (κ3) is 5.01. The van der Waals surface area contributed by atoms with Crippen LogP contribution in [0, 0.1) is 0 Å². The molecule has 1 rings (SSSR count). The standard InChI is InChI=1S/C11H14Cl2N2O5S/c1-20-7(6-16)5-14-11(17)15-21(18,19)10-8(12)3-2-4-9(10)13/h2-4,7,16H,5-6H2,1H3,(H2,14,15,17)/t7-/m1/s1. The Morgan fingerprint density at radius 1 is 1.38 bits per heavy atom. The highest BCUT2D eigenvalue weighted by atomic mass is 35.5. The van der Waals surface area contributed by atoms with Gasteiger partial charge in [0.15, 0.2) is 0 Å². The number of sulfonamides is 1. The second-order valence-corrected chi connectivity index (χ2v) is 6.34. The van der Waals surface area contributed by atoms with Crippen LogP contribution in [-0.4, -0.2) is 45.9 Å². The summed E-state index contributed by atoms with van der Waals surface area (Å²) in [6, 6.07) is 3.18. The molecule has 2 amide bonds. The van der Waals surface area contributed by atoms with Crippen molar-refractivity contribution >= 4 is 39.3 Å². The van der Waals surface area contributed by atoms with Crippen molar-refractivity contribution in [2.45, 2.75) is 11.0 Å². The monoisotopic (exact) mass is 356 g/mol. The molecule has 0 aromatic heterocycles. The Kier molecular flexibility index (Phi) is 6.69. The summed E-state index contributed by atoms with van der Waals surface area (Å²) in [4.78, 5) is 11.2. The molecule has 3 N–H and O–H groups in total. The van der Waals surface area contributed by atoms with Crippen LogP contribution in [0.25, 0.3) is 0 Å². The van der Waals surface area contributed by atoms with Crippen LogP contribution < -0.4 is 10.0 Å². The molecule has 7 nitrogen and oxygen atoms in total. The number of halogens is 2. The van der Waals surface area contributed by atoms with Gasteiger partial charge in [-0.05, 0) is 12.1 Å². The number of methoxy groups -OCH3 is 1. The number of hydrogen-bond donors (Lipinski definition) is 3. The van der Waals surface area contributed by atoms with Crippen LogP contribution >= 0.6 is 23.2 Å². The van der Waals surface area contributed by atoms with Gasteiger partial charge in [0.1, 0.15) is 4.90 Å². The van der Waals surface area contributed by atoms with Gasteiger partial charge >= 0.3 is 6.03 Å². The molecule has 0 aliphatic heterocycles. The topological polar surface area (TPSA) is 105 Å². The zero-order valence-electron chi connectivity index (χ0n) is 11.0. The maximum Gasteiger partial charge on any atom is 0.328 e. The first-order valence-corrected chi connectivity index (χ1v) is 7.94. The molecule has 0 fully saturated rings. The number of nitrogens with one attached hydrogen (secondary N) is 2. The predicted molar refractivity (Wildman–Crippen MR) is 78.1 cm³/mol. The lowest BCUT2D eigenvalue weighted by Gasteiger charge is -2.14. The van der Waals surface area contributed by atoms with Crippen molar-refractivity contribution < 1.29 is 23.1 Å². The van der Waals surface area contributed by atoms with E-state index in [-0.39, 0.29) is 28.1 Å². The second kappa shape index (κ2) is 7.81. The largest absolute Gasteiger partial charge is 0.394 e. The summed E-state index contributed by atoms with van der Waals surface area (Å²) in [6.45, 7) is -0.384. The van der Waals surface area contributed by atoms with E-state index in [2.05, 4.69) is 5.32 Å². The Labute approximate surface area is 132 Å². The van der Waals surface area contributed by atoms with Crippen LogP contribution in [0.1, 0.15) is 0 Å². The van der Waals surface area contributed by atoms with E-state index in [1.54, 1.807) is 4.72 Å².